The Kier molecular flexibility index (Phi) is 8.30. The molecule has 48 heavy (non-hydrogen) atoms. The van der Waals surface area contributed by atoms with E-state index in [1.807, 2.05) is 26.8 Å². The number of phenols is 7. The number of rotatable bonds is 7. The van der Waals surface area contributed by atoms with Crippen LogP contribution in [0, 0.1) is 5.92 Å². The molecule has 0 saturated carbocycles. The van der Waals surface area contributed by atoms with E-state index in [9.17, 15) is 40.5 Å². The first-order valence-corrected chi connectivity index (χ1v) is 15.5. The molecule has 7 N–H and O–H groups in total. The van der Waals surface area contributed by atoms with Gasteiger partial charge in [0.15, 0.2) is 17.1 Å². The predicted octanol–water partition coefficient (Wildman–Crippen LogP) is 8.26. The van der Waals surface area contributed by atoms with Crippen molar-refractivity contribution < 1.29 is 45.0 Å². The molecule has 5 aromatic rings. The zero-order valence-corrected chi connectivity index (χ0v) is 26.6. The first kappa shape index (κ1) is 32.1. The van der Waals surface area contributed by atoms with Gasteiger partial charge in [0.2, 0.25) is 0 Å². The lowest BCUT2D eigenvalue weighted by atomic mass is 9.65. The summed E-state index contributed by atoms with van der Waals surface area (Å²) in [4.78, 5) is 14.7. The fraction of sp³-hybridized carbons (Fsp3) is 0.205. The third kappa shape index (κ3) is 5.79. The van der Waals surface area contributed by atoms with Gasteiger partial charge >= 0.3 is 0 Å². The van der Waals surface area contributed by atoms with Crippen molar-refractivity contribution in [3.8, 4) is 51.6 Å². The molecule has 3 atom stereocenters. The van der Waals surface area contributed by atoms with E-state index in [-0.39, 0.29) is 74.7 Å². The average molecular weight is 649 g/mol. The second-order valence-electron chi connectivity index (χ2n) is 12.7. The zero-order chi connectivity index (χ0) is 34.4. The zero-order valence-electron chi connectivity index (χ0n) is 26.6. The number of fused-ring (bicyclic) bond motifs is 1. The van der Waals surface area contributed by atoms with Gasteiger partial charge in [-0.25, -0.2) is 0 Å². The van der Waals surface area contributed by atoms with Crippen molar-refractivity contribution in [2.24, 2.45) is 5.92 Å². The number of hydrogen-bond acceptors (Lipinski definition) is 9. The molecule has 0 fully saturated rings. The summed E-state index contributed by atoms with van der Waals surface area (Å²) in [5, 5.41) is 76.8. The quantitative estimate of drug-likeness (QED) is 0.0677. The second-order valence-corrected chi connectivity index (χ2v) is 12.7. The van der Waals surface area contributed by atoms with Gasteiger partial charge in [-0.3, -0.25) is 4.79 Å². The number of allylic oxidation sites excluding steroid dienone is 4. The minimum Gasteiger partial charge on any atom is -0.508 e. The first-order chi connectivity index (χ1) is 22.8. The number of phenolic OH excluding ortho intramolecular Hbond substituents is 7. The van der Waals surface area contributed by atoms with Crippen LogP contribution < -0.4 is 0 Å². The molecule has 4 aromatic carbocycles. The third-order valence-electron chi connectivity index (χ3n) is 9.06. The lowest BCUT2D eigenvalue weighted by Crippen LogP contribution is -2.31. The molecule has 246 valence electrons. The Balaban J connectivity index is 1.51. The van der Waals surface area contributed by atoms with Crippen molar-refractivity contribution in [2.75, 3.05) is 0 Å². The Morgan fingerprint density at radius 1 is 0.833 bits per heavy atom. The van der Waals surface area contributed by atoms with Crippen molar-refractivity contribution in [2.45, 2.75) is 45.4 Å². The van der Waals surface area contributed by atoms with Crippen molar-refractivity contribution in [1.82, 2.24) is 0 Å². The molecular formula is C39H36O9. The largest absolute Gasteiger partial charge is 0.508 e. The van der Waals surface area contributed by atoms with Crippen LogP contribution >= 0.6 is 0 Å². The highest BCUT2D eigenvalue weighted by Gasteiger charge is 2.43. The number of carbonyl (C=O) groups is 1. The van der Waals surface area contributed by atoms with E-state index in [4.69, 9.17) is 4.42 Å². The number of hydrogen-bond donors (Lipinski definition) is 7. The molecule has 6 rings (SSSR count). The maximum absolute atomic E-state index is 14.7. The number of ketones is 1. The number of furan rings is 1. The van der Waals surface area contributed by atoms with Crippen molar-refractivity contribution >= 4 is 16.8 Å². The average Bonchev–Trinajstić information content (AvgIpc) is 3.46. The standard InChI is InChI=1S/C39H36O9/c1-19(2)7-9-25-29(41)12-11-26(37(25)46)38(47)35-27(24-10-8-23(40)18-31(24)43)13-20(3)14-28(35)36-32(44)15-22(16-33(36)45)34-17-21-5-4-6-30(42)39(21)48-34/h4-8,10-12,14-18,27-28,35,40-46H,9,13H2,1-3H3/t27-,28+,35-/m0/s1. The lowest BCUT2D eigenvalue weighted by molar-refractivity contribution is 0.0876. The summed E-state index contributed by atoms with van der Waals surface area (Å²) < 4.78 is 5.84. The van der Waals surface area contributed by atoms with E-state index in [1.165, 1.54) is 48.5 Å². The Labute approximate surface area is 276 Å². The number of carbonyl (C=O) groups excluding carboxylic acids is 1. The molecule has 1 aliphatic carbocycles. The fourth-order valence-electron chi connectivity index (χ4n) is 6.77. The summed E-state index contributed by atoms with van der Waals surface area (Å²) in [7, 11) is 0. The van der Waals surface area contributed by atoms with E-state index in [2.05, 4.69) is 0 Å². The molecule has 9 nitrogen and oxygen atoms in total. The lowest BCUT2D eigenvalue weighted by Gasteiger charge is -2.37. The van der Waals surface area contributed by atoms with Crippen LogP contribution in [0.15, 0.2) is 94.4 Å². The highest BCUT2D eigenvalue weighted by molar-refractivity contribution is 6.02. The van der Waals surface area contributed by atoms with Gasteiger partial charge < -0.3 is 40.2 Å². The first-order valence-electron chi connectivity index (χ1n) is 15.5. The maximum atomic E-state index is 14.7. The number of benzene rings is 4. The third-order valence-corrected chi connectivity index (χ3v) is 9.06. The van der Waals surface area contributed by atoms with Crippen molar-refractivity contribution in [3.05, 3.63) is 112 Å². The van der Waals surface area contributed by atoms with Crippen LogP contribution in [0.1, 0.15) is 66.1 Å². The topological polar surface area (TPSA) is 172 Å². The van der Waals surface area contributed by atoms with Gasteiger partial charge in [0.05, 0.1) is 5.56 Å². The van der Waals surface area contributed by atoms with Crippen LogP contribution in [0.4, 0.5) is 0 Å². The molecule has 1 heterocycles. The maximum Gasteiger partial charge on any atom is 0.176 e. The van der Waals surface area contributed by atoms with E-state index < -0.39 is 23.5 Å². The molecule has 0 spiro atoms. The normalized spacial score (nSPS) is 17.6. The van der Waals surface area contributed by atoms with Crippen LogP contribution in [0.25, 0.3) is 22.3 Å². The monoisotopic (exact) mass is 648 g/mol. The van der Waals surface area contributed by atoms with Gasteiger partial charge in [0.1, 0.15) is 40.3 Å². The molecule has 0 unspecified atom stereocenters. The summed E-state index contributed by atoms with van der Waals surface area (Å²) in [6.07, 6.45) is 4.10. The SMILES string of the molecule is CC(C)=CCc1c(O)ccc(C(=O)[C@@H]2[C@H](c3c(O)cc(-c4cc5cccc(O)c5o4)cc3O)C=C(C)C[C@H]2c2ccc(O)cc2O)c1O. The molecule has 1 aliphatic rings. The van der Waals surface area contributed by atoms with Gasteiger partial charge in [0, 0.05) is 45.9 Å². The Hall–Kier alpha value is -5.83. The molecule has 1 aromatic heterocycles. The molecular weight excluding hydrogens is 612 g/mol. The van der Waals surface area contributed by atoms with Crippen LogP contribution in [0.5, 0.6) is 40.2 Å². The molecule has 0 aliphatic heterocycles. The molecule has 9 heteroatoms. The number of para-hydroxylation sites is 1. The van der Waals surface area contributed by atoms with Gasteiger partial charge in [-0.2, -0.15) is 0 Å². The fourth-order valence-corrected chi connectivity index (χ4v) is 6.77. The highest BCUT2D eigenvalue weighted by atomic mass is 16.4. The second kappa shape index (κ2) is 12.4. The summed E-state index contributed by atoms with van der Waals surface area (Å²) in [5.74, 6) is -4.61. The van der Waals surface area contributed by atoms with Gasteiger partial charge in [-0.1, -0.05) is 41.5 Å². The summed E-state index contributed by atoms with van der Waals surface area (Å²) in [5.41, 5.74) is 2.89. The van der Waals surface area contributed by atoms with E-state index in [0.29, 0.717) is 22.9 Å². The minimum absolute atomic E-state index is 0.0569. The highest BCUT2D eigenvalue weighted by Crippen LogP contribution is 2.53. The van der Waals surface area contributed by atoms with Gasteiger partial charge in [-0.15, -0.1) is 0 Å². The number of aromatic hydroxyl groups is 7. The molecule has 0 bridgehead atoms. The Morgan fingerprint density at radius 2 is 1.56 bits per heavy atom. The molecule has 0 amide bonds. The smallest absolute Gasteiger partial charge is 0.176 e. The Morgan fingerprint density at radius 3 is 2.23 bits per heavy atom. The summed E-state index contributed by atoms with van der Waals surface area (Å²) >= 11 is 0. The minimum atomic E-state index is -1.07. The van der Waals surface area contributed by atoms with E-state index in [1.54, 1.807) is 24.3 Å². The Bertz CT molecular complexity index is 2110. The van der Waals surface area contributed by atoms with Crippen LogP contribution in [-0.4, -0.2) is 41.5 Å². The molecule has 0 radical (unpaired) electrons. The van der Waals surface area contributed by atoms with Crippen LogP contribution in [-0.2, 0) is 6.42 Å². The van der Waals surface area contributed by atoms with E-state index in [0.717, 1.165) is 11.1 Å². The van der Waals surface area contributed by atoms with Crippen LogP contribution in [0.3, 0.4) is 0 Å². The van der Waals surface area contributed by atoms with E-state index >= 15 is 0 Å². The predicted molar refractivity (Wildman–Crippen MR) is 181 cm³/mol. The van der Waals surface area contributed by atoms with Gasteiger partial charge in [-0.05, 0) is 81.6 Å². The summed E-state index contributed by atoms with van der Waals surface area (Å²) in [6, 6.07) is 16.2. The summed E-state index contributed by atoms with van der Waals surface area (Å²) in [6.45, 7) is 5.60. The number of Topliss-reactive ketones (excluding diaryl/α,β-unsaturated/α-hetero) is 1. The van der Waals surface area contributed by atoms with Crippen molar-refractivity contribution in [3.63, 3.8) is 0 Å². The van der Waals surface area contributed by atoms with Crippen LogP contribution in [0.2, 0.25) is 0 Å². The molecule has 0 saturated heterocycles. The van der Waals surface area contributed by atoms with Crippen molar-refractivity contribution in [1.29, 1.82) is 0 Å². The van der Waals surface area contributed by atoms with Gasteiger partial charge in [0.25, 0.3) is 0 Å².